The van der Waals surface area contributed by atoms with Gasteiger partial charge >= 0.3 is 0 Å². The second-order valence-electron chi connectivity index (χ2n) is 4.24. The Morgan fingerprint density at radius 1 is 1.47 bits per heavy atom. The van der Waals surface area contributed by atoms with E-state index in [1.807, 2.05) is 13.4 Å². The number of rotatable bonds is 3. The summed E-state index contributed by atoms with van der Waals surface area (Å²) >= 11 is 0. The summed E-state index contributed by atoms with van der Waals surface area (Å²) in [6.07, 6.45) is 4.60. The van der Waals surface area contributed by atoms with Gasteiger partial charge in [0.15, 0.2) is 0 Å². The minimum absolute atomic E-state index is 0.713. The van der Waals surface area contributed by atoms with Crippen molar-refractivity contribution < 1.29 is 0 Å². The van der Waals surface area contributed by atoms with Crippen molar-refractivity contribution in [2.75, 3.05) is 7.05 Å². The summed E-state index contributed by atoms with van der Waals surface area (Å²) in [5.74, 6) is 0. The molecule has 78 valence electrons. The van der Waals surface area contributed by atoms with E-state index in [9.17, 15) is 0 Å². The molecule has 1 aromatic carbocycles. The first kappa shape index (κ1) is 8.92. The van der Waals surface area contributed by atoms with E-state index >= 15 is 0 Å². The molecule has 0 saturated heterocycles. The minimum atomic E-state index is 0.713. The van der Waals surface area contributed by atoms with Crippen LogP contribution in [0.15, 0.2) is 24.5 Å². The molecule has 0 atom stereocenters. The molecule has 3 heteroatoms. The van der Waals surface area contributed by atoms with E-state index in [4.69, 9.17) is 0 Å². The second-order valence-corrected chi connectivity index (χ2v) is 4.24. The lowest BCUT2D eigenvalue weighted by Crippen LogP contribution is -2.04. The van der Waals surface area contributed by atoms with Crippen LogP contribution in [0, 0.1) is 0 Å². The predicted molar refractivity (Wildman–Crippen MR) is 60.8 cm³/mol. The summed E-state index contributed by atoms with van der Waals surface area (Å²) in [4.78, 5) is 4.46. The zero-order valence-electron chi connectivity index (χ0n) is 8.90. The Balaban J connectivity index is 2.05. The van der Waals surface area contributed by atoms with Gasteiger partial charge in [-0.25, -0.2) is 4.98 Å². The lowest BCUT2D eigenvalue weighted by atomic mass is 10.2. The molecule has 1 aliphatic carbocycles. The molecule has 3 rings (SSSR count). The molecule has 0 amide bonds. The maximum Gasteiger partial charge on any atom is 0.0960 e. The highest BCUT2D eigenvalue weighted by Gasteiger charge is 2.24. The summed E-state index contributed by atoms with van der Waals surface area (Å²) < 4.78 is 2.30. The zero-order chi connectivity index (χ0) is 10.3. The first-order chi connectivity index (χ1) is 7.38. The van der Waals surface area contributed by atoms with Gasteiger partial charge in [-0.05, 0) is 37.6 Å². The van der Waals surface area contributed by atoms with Crippen molar-refractivity contribution in [1.29, 1.82) is 0 Å². The van der Waals surface area contributed by atoms with Crippen LogP contribution >= 0.6 is 0 Å². The molecule has 1 aliphatic rings. The first-order valence-corrected chi connectivity index (χ1v) is 5.48. The van der Waals surface area contributed by atoms with Crippen LogP contribution in [0.2, 0.25) is 0 Å². The van der Waals surface area contributed by atoms with Crippen LogP contribution in [0.3, 0.4) is 0 Å². The highest BCUT2D eigenvalue weighted by atomic mass is 15.1. The van der Waals surface area contributed by atoms with Gasteiger partial charge in [0.05, 0.1) is 17.4 Å². The Labute approximate surface area is 89.1 Å². The molecule has 0 spiro atoms. The average molecular weight is 201 g/mol. The van der Waals surface area contributed by atoms with Gasteiger partial charge in [-0.1, -0.05) is 6.07 Å². The quantitative estimate of drug-likeness (QED) is 0.824. The predicted octanol–water partition coefficient (Wildman–Crippen LogP) is 2.09. The van der Waals surface area contributed by atoms with Gasteiger partial charge in [-0.15, -0.1) is 0 Å². The molecule has 2 aromatic rings. The van der Waals surface area contributed by atoms with Crippen LogP contribution in [0.5, 0.6) is 0 Å². The monoisotopic (exact) mass is 201 g/mol. The fourth-order valence-electron chi connectivity index (χ4n) is 2.04. The fraction of sp³-hybridized carbons (Fsp3) is 0.417. The molecular formula is C12H15N3. The SMILES string of the molecule is CNCc1ccc2c(c1)ncn2C1CC1. The third-order valence-corrected chi connectivity index (χ3v) is 2.96. The summed E-state index contributed by atoms with van der Waals surface area (Å²) in [6, 6.07) is 7.25. The van der Waals surface area contributed by atoms with E-state index in [1.165, 1.54) is 23.9 Å². The number of nitrogens with one attached hydrogen (secondary N) is 1. The van der Waals surface area contributed by atoms with Gasteiger partial charge in [0, 0.05) is 12.6 Å². The summed E-state index contributed by atoms with van der Waals surface area (Å²) in [5.41, 5.74) is 3.69. The van der Waals surface area contributed by atoms with Gasteiger partial charge < -0.3 is 9.88 Å². The van der Waals surface area contributed by atoms with E-state index in [2.05, 4.69) is 33.1 Å². The maximum absolute atomic E-state index is 4.46. The number of nitrogens with zero attached hydrogens (tertiary/aromatic N) is 2. The molecule has 0 radical (unpaired) electrons. The number of imidazole rings is 1. The second kappa shape index (κ2) is 3.35. The van der Waals surface area contributed by atoms with E-state index in [0.29, 0.717) is 6.04 Å². The first-order valence-electron chi connectivity index (χ1n) is 5.48. The standard InChI is InChI=1S/C12H15N3/c1-13-7-9-2-5-12-11(6-9)14-8-15(12)10-3-4-10/h2,5-6,8,10,13H,3-4,7H2,1H3. The van der Waals surface area contributed by atoms with Crippen molar-refractivity contribution in [3.8, 4) is 0 Å². The number of hydrogen-bond donors (Lipinski definition) is 1. The van der Waals surface area contributed by atoms with E-state index in [-0.39, 0.29) is 0 Å². The Morgan fingerprint density at radius 3 is 3.07 bits per heavy atom. The highest BCUT2D eigenvalue weighted by molar-refractivity contribution is 5.76. The van der Waals surface area contributed by atoms with Gasteiger partial charge in [0.2, 0.25) is 0 Å². The van der Waals surface area contributed by atoms with Crippen molar-refractivity contribution in [1.82, 2.24) is 14.9 Å². The number of benzene rings is 1. The topological polar surface area (TPSA) is 29.9 Å². The van der Waals surface area contributed by atoms with Gasteiger partial charge in [-0.3, -0.25) is 0 Å². The Kier molecular flexibility index (Phi) is 1.99. The zero-order valence-corrected chi connectivity index (χ0v) is 8.90. The Bertz CT molecular complexity index is 483. The van der Waals surface area contributed by atoms with Crippen LogP contribution in [0.1, 0.15) is 24.4 Å². The van der Waals surface area contributed by atoms with Crippen molar-refractivity contribution in [2.45, 2.75) is 25.4 Å². The molecule has 1 saturated carbocycles. The minimum Gasteiger partial charge on any atom is -0.327 e. The molecule has 15 heavy (non-hydrogen) atoms. The van der Waals surface area contributed by atoms with Gasteiger partial charge in [-0.2, -0.15) is 0 Å². The Morgan fingerprint density at radius 2 is 2.33 bits per heavy atom. The van der Waals surface area contributed by atoms with Crippen molar-refractivity contribution >= 4 is 11.0 Å². The smallest absolute Gasteiger partial charge is 0.0960 e. The van der Waals surface area contributed by atoms with E-state index < -0.39 is 0 Å². The molecule has 0 aliphatic heterocycles. The molecule has 0 unspecified atom stereocenters. The lowest BCUT2D eigenvalue weighted by Gasteiger charge is -2.02. The third-order valence-electron chi connectivity index (χ3n) is 2.96. The highest BCUT2D eigenvalue weighted by Crippen LogP contribution is 2.37. The lowest BCUT2D eigenvalue weighted by molar-refractivity contribution is 0.765. The molecule has 3 nitrogen and oxygen atoms in total. The van der Waals surface area contributed by atoms with Crippen molar-refractivity contribution in [3.05, 3.63) is 30.1 Å². The van der Waals surface area contributed by atoms with Gasteiger partial charge in [0.1, 0.15) is 0 Å². The molecule has 1 heterocycles. The molecule has 1 N–H and O–H groups in total. The summed E-state index contributed by atoms with van der Waals surface area (Å²) in [6.45, 7) is 0.909. The largest absolute Gasteiger partial charge is 0.327 e. The molecule has 0 bridgehead atoms. The van der Waals surface area contributed by atoms with Crippen LogP contribution in [-0.2, 0) is 6.54 Å². The van der Waals surface area contributed by atoms with Crippen molar-refractivity contribution in [2.24, 2.45) is 0 Å². The number of aromatic nitrogens is 2. The van der Waals surface area contributed by atoms with Crippen LogP contribution in [0.25, 0.3) is 11.0 Å². The molecular weight excluding hydrogens is 186 g/mol. The van der Waals surface area contributed by atoms with E-state index in [0.717, 1.165) is 12.1 Å². The molecule has 1 aromatic heterocycles. The van der Waals surface area contributed by atoms with Crippen LogP contribution in [0.4, 0.5) is 0 Å². The average Bonchev–Trinajstić information content (AvgIpc) is 3.00. The van der Waals surface area contributed by atoms with Crippen molar-refractivity contribution in [3.63, 3.8) is 0 Å². The van der Waals surface area contributed by atoms with E-state index in [1.54, 1.807) is 0 Å². The van der Waals surface area contributed by atoms with Gasteiger partial charge in [0.25, 0.3) is 0 Å². The van der Waals surface area contributed by atoms with Crippen LogP contribution in [-0.4, -0.2) is 16.6 Å². The molecule has 1 fully saturated rings. The Hall–Kier alpha value is -1.35. The number of fused-ring (bicyclic) bond motifs is 1. The third kappa shape index (κ3) is 1.53. The summed E-state index contributed by atoms with van der Waals surface area (Å²) in [5, 5.41) is 3.16. The number of hydrogen-bond acceptors (Lipinski definition) is 2. The summed E-state index contributed by atoms with van der Waals surface area (Å²) in [7, 11) is 1.97. The van der Waals surface area contributed by atoms with Crippen LogP contribution < -0.4 is 5.32 Å². The normalized spacial score (nSPS) is 16.1. The maximum atomic E-state index is 4.46. The fourth-order valence-corrected chi connectivity index (χ4v) is 2.04.